The van der Waals surface area contributed by atoms with Gasteiger partial charge in [-0.3, -0.25) is 4.79 Å². The normalized spacial score (nSPS) is 35.4. The Labute approximate surface area is 271 Å². The second kappa shape index (κ2) is 12.3. The molecule has 46 heavy (non-hydrogen) atoms. The maximum atomic E-state index is 13.6. The van der Waals surface area contributed by atoms with Crippen molar-refractivity contribution in [3.63, 3.8) is 0 Å². The first kappa shape index (κ1) is 34.4. The number of carbonyl (C=O) groups excluding carboxylic acids is 3. The fraction of sp³-hybridized carbons (Fsp3) is 0.676. The average molecular weight is 642 g/mol. The van der Waals surface area contributed by atoms with Crippen LogP contribution in [0.5, 0.6) is 5.75 Å². The van der Waals surface area contributed by atoms with E-state index < -0.39 is 71.9 Å². The number of fused-ring (bicyclic) bond motifs is 1. The number of nitrogens with one attached hydrogen (secondary N) is 1. The number of ether oxygens (including phenoxy) is 3. The highest BCUT2D eigenvalue weighted by Gasteiger charge is 2.68. The van der Waals surface area contributed by atoms with Crippen molar-refractivity contribution < 1.29 is 48.5 Å². The molecule has 252 valence electrons. The van der Waals surface area contributed by atoms with Gasteiger partial charge in [-0.15, -0.1) is 6.58 Å². The zero-order valence-corrected chi connectivity index (χ0v) is 27.8. The van der Waals surface area contributed by atoms with Crippen molar-refractivity contribution >= 4 is 30.4 Å². The zero-order chi connectivity index (χ0) is 33.8. The molecule has 3 aliphatic carbocycles. The molecule has 5 rings (SSSR count). The molecule has 0 saturated heterocycles. The van der Waals surface area contributed by atoms with Crippen LogP contribution in [0, 0.1) is 28.1 Å². The minimum atomic E-state index is -1.18. The molecule has 3 fully saturated rings. The van der Waals surface area contributed by atoms with Crippen LogP contribution in [0.2, 0.25) is 0 Å². The van der Waals surface area contributed by atoms with Crippen molar-refractivity contribution in [1.29, 1.82) is 0 Å². The molecule has 1 aromatic carbocycles. The summed E-state index contributed by atoms with van der Waals surface area (Å²) >= 11 is 0. The molecule has 1 aliphatic heterocycles. The predicted octanol–water partition coefficient (Wildman–Crippen LogP) is 2.94. The molecule has 1 amide bonds. The van der Waals surface area contributed by atoms with Gasteiger partial charge in [0.15, 0.2) is 12.4 Å². The molecular formula is C34H48BNO10. The predicted molar refractivity (Wildman–Crippen MR) is 169 cm³/mol. The fourth-order valence-corrected chi connectivity index (χ4v) is 8.41. The third-order valence-electron chi connectivity index (χ3n) is 11.2. The standard InChI is InChI=1S/C34H48BNO10/c1-8-32(6)15-26(33(7)19(2)9-10-34(14-25(32)38)13-24(37)28(40)29(33)34)45-27(39)18-43-21-11-20(16-36-30(41)46-31(3,4)5)22-17-44-35(42)23(22)12-21/h8,11-12,19,24-26,29,37-38,42H,1,9-10,13-18H2,2-7H3,(H,36,41)/t19-,24+,25+,26-,29+,32-,33+,34+/m1/s1. The maximum Gasteiger partial charge on any atom is 0.491 e. The summed E-state index contributed by atoms with van der Waals surface area (Å²) in [6.07, 6.45) is 0.755. The number of hydrogen-bond acceptors (Lipinski definition) is 10. The number of benzene rings is 1. The molecule has 0 aromatic heterocycles. The van der Waals surface area contributed by atoms with Gasteiger partial charge in [-0.2, -0.15) is 0 Å². The van der Waals surface area contributed by atoms with E-state index in [4.69, 9.17) is 18.9 Å². The van der Waals surface area contributed by atoms with E-state index in [9.17, 15) is 29.6 Å². The van der Waals surface area contributed by atoms with E-state index in [1.165, 1.54) is 0 Å². The number of carbonyl (C=O) groups is 3. The summed E-state index contributed by atoms with van der Waals surface area (Å²) in [6.45, 7) is 15.0. The van der Waals surface area contributed by atoms with Crippen LogP contribution in [-0.4, -0.2) is 70.7 Å². The summed E-state index contributed by atoms with van der Waals surface area (Å²) in [5.74, 6) is -1.20. The number of hydrogen-bond donors (Lipinski definition) is 4. The van der Waals surface area contributed by atoms with E-state index in [0.29, 0.717) is 29.4 Å². The molecule has 0 radical (unpaired) electrons. The first-order chi connectivity index (χ1) is 21.4. The summed E-state index contributed by atoms with van der Waals surface area (Å²) in [7, 11) is -1.18. The largest absolute Gasteiger partial charge is 0.491 e. The Hall–Kier alpha value is -2.93. The van der Waals surface area contributed by atoms with Crippen LogP contribution >= 0.6 is 0 Å². The minimum Gasteiger partial charge on any atom is -0.482 e. The number of alkyl carbamates (subject to hydrolysis) is 1. The molecule has 4 aliphatic rings. The molecule has 1 aromatic rings. The Morgan fingerprint density at radius 3 is 2.59 bits per heavy atom. The van der Waals surface area contributed by atoms with E-state index in [1.54, 1.807) is 39.0 Å². The Morgan fingerprint density at radius 1 is 1.20 bits per heavy atom. The van der Waals surface area contributed by atoms with Crippen LogP contribution in [0.25, 0.3) is 0 Å². The number of amides is 1. The number of Topliss-reactive ketones (excluding diaryl/α,β-unsaturated/α-hetero) is 1. The monoisotopic (exact) mass is 641 g/mol. The lowest BCUT2D eigenvalue weighted by Gasteiger charge is -2.59. The average Bonchev–Trinajstić information content (AvgIpc) is 3.47. The van der Waals surface area contributed by atoms with Gasteiger partial charge in [-0.1, -0.05) is 26.8 Å². The van der Waals surface area contributed by atoms with E-state index in [0.717, 1.165) is 6.42 Å². The molecule has 11 nitrogen and oxygen atoms in total. The van der Waals surface area contributed by atoms with E-state index in [1.807, 2.05) is 13.8 Å². The highest BCUT2D eigenvalue weighted by molar-refractivity contribution is 6.61. The SMILES string of the molecule is C=C[C@]1(C)C[C@@H](OC(=O)COc2cc(CNC(=O)OC(C)(C)C)c3c(c2)B(O)OC3)[C@]2(C)[C@H](C)CC[C@]3(C[C@H](O)C(=O)[C@H]32)C[C@@H]1O. The second-order valence-electron chi connectivity index (χ2n) is 15.3. The maximum absolute atomic E-state index is 13.6. The van der Waals surface area contributed by atoms with Gasteiger partial charge in [0.2, 0.25) is 0 Å². The molecule has 4 N–H and O–H groups in total. The van der Waals surface area contributed by atoms with E-state index >= 15 is 0 Å². The lowest BCUT2D eigenvalue weighted by Crippen LogP contribution is -2.60. The van der Waals surface area contributed by atoms with E-state index in [2.05, 4.69) is 18.8 Å². The van der Waals surface area contributed by atoms with Crippen molar-refractivity contribution in [1.82, 2.24) is 5.32 Å². The quantitative estimate of drug-likeness (QED) is 0.198. The van der Waals surface area contributed by atoms with Gasteiger partial charge < -0.3 is 39.4 Å². The van der Waals surface area contributed by atoms with E-state index in [-0.39, 0.29) is 43.4 Å². The van der Waals surface area contributed by atoms with Crippen molar-refractivity contribution in [3.8, 4) is 5.75 Å². The molecular weight excluding hydrogens is 593 g/mol. The number of rotatable bonds is 7. The molecule has 12 heteroatoms. The van der Waals surface area contributed by atoms with Crippen molar-refractivity contribution in [2.75, 3.05) is 6.61 Å². The van der Waals surface area contributed by atoms with Gasteiger partial charge in [0.25, 0.3) is 0 Å². The minimum absolute atomic E-state index is 0.00105. The molecule has 0 unspecified atom stereocenters. The first-order valence-electron chi connectivity index (χ1n) is 16.2. The number of ketones is 1. The van der Waals surface area contributed by atoms with Gasteiger partial charge in [0.1, 0.15) is 23.6 Å². The van der Waals surface area contributed by atoms with Gasteiger partial charge in [0.05, 0.1) is 12.7 Å². The van der Waals surface area contributed by atoms with Crippen molar-refractivity contribution in [2.24, 2.45) is 28.1 Å². The summed E-state index contributed by atoms with van der Waals surface area (Å²) in [6, 6.07) is 3.26. The Kier molecular flexibility index (Phi) is 9.18. The zero-order valence-electron chi connectivity index (χ0n) is 27.8. The lowest BCUT2D eigenvalue weighted by atomic mass is 9.46. The Morgan fingerprint density at radius 2 is 1.91 bits per heavy atom. The summed E-state index contributed by atoms with van der Waals surface area (Å²) in [5.41, 5.74) is -1.04. The summed E-state index contributed by atoms with van der Waals surface area (Å²) in [4.78, 5) is 39.4. The highest BCUT2D eigenvalue weighted by atomic mass is 16.6. The molecule has 0 spiro atoms. The Balaban J connectivity index is 1.37. The number of aliphatic hydroxyl groups is 2. The van der Waals surface area contributed by atoms with Crippen LogP contribution in [0.4, 0.5) is 4.79 Å². The van der Waals surface area contributed by atoms with Gasteiger partial charge in [-0.05, 0) is 92.9 Å². The van der Waals surface area contributed by atoms with Crippen LogP contribution in [-0.2, 0) is 36.9 Å². The van der Waals surface area contributed by atoms with Crippen molar-refractivity contribution in [3.05, 3.63) is 35.9 Å². The van der Waals surface area contributed by atoms with Gasteiger partial charge in [0, 0.05) is 23.3 Å². The summed E-state index contributed by atoms with van der Waals surface area (Å²) in [5, 5.41) is 35.4. The van der Waals surface area contributed by atoms with Crippen LogP contribution in [0.1, 0.15) is 84.8 Å². The molecule has 3 saturated carbocycles. The van der Waals surface area contributed by atoms with Crippen LogP contribution in [0.3, 0.4) is 0 Å². The third kappa shape index (κ3) is 6.21. The third-order valence-corrected chi connectivity index (χ3v) is 11.2. The van der Waals surface area contributed by atoms with Crippen LogP contribution < -0.4 is 15.5 Å². The fourth-order valence-electron chi connectivity index (χ4n) is 8.41. The Bertz CT molecular complexity index is 1390. The number of esters is 1. The lowest BCUT2D eigenvalue weighted by molar-refractivity contribution is -0.196. The highest BCUT2D eigenvalue weighted by Crippen LogP contribution is 2.66. The van der Waals surface area contributed by atoms with Crippen LogP contribution in [0.15, 0.2) is 24.8 Å². The second-order valence-corrected chi connectivity index (χ2v) is 15.3. The number of aliphatic hydroxyl groups excluding tert-OH is 2. The van der Waals surface area contributed by atoms with Gasteiger partial charge >= 0.3 is 19.2 Å². The topological polar surface area (TPSA) is 161 Å². The first-order valence-corrected chi connectivity index (χ1v) is 16.2. The molecule has 1 heterocycles. The van der Waals surface area contributed by atoms with Crippen molar-refractivity contribution in [2.45, 2.75) is 111 Å². The van der Waals surface area contributed by atoms with Gasteiger partial charge in [-0.25, -0.2) is 9.59 Å². The smallest absolute Gasteiger partial charge is 0.482 e. The summed E-state index contributed by atoms with van der Waals surface area (Å²) < 4.78 is 22.8. The molecule has 2 bridgehead atoms. The molecule has 8 atom stereocenters.